The van der Waals surface area contributed by atoms with Crippen LogP contribution in [0.5, 0.6) is 0 Å². The maximum atomic E-state index is 13.7. The SMILES string of the molecule is Cc1cnc(C)c(-n2nc(-c3cccc(C(C)C)c3)cc2Nc2ccc(F)cc2C(=O)O)n1. The van der Waals surface area contributed by atoms with E-state index in [1.807, 2.05) is 32.0 Å². The Morgan fingerprint density at radius 2 is 1.91 bits per heavy atom. The molecule has 0 aliphatic heterocycles. The van der Waals surface area contributed by atoms with Crippen molar-refractivity contribution >= 4 is 17.5 Å². The highest BCUT2D eigenvalue weighted by Gasteiger charge is 2.18. The van der Waals surface area contributed by atoms with Gasteiger partial charge in [-0.2, -0.15) is 9.78 Å². The Hall–Kier alpha value is -4.07. The third kappa shape index (κ3) is 4.59. The number of carbonyl (C=O) groups is 1. The topological polar surface area (TPSA) is 92.9 Å². The second-order valence-corrected chi connectivity index (χ2v) is 8.15. The van der Waals surface area contributed by atoms with Crippen LogP contribution in [0.25, 0.3) is 17.1 Å². The summed E-state index contributed by atoms with van der Waals surface area (Å²) in [6.07, 6.45) is 1.67. The number of nitrogens with one attached hydrogen (secondary N) is 1. The van der Waals surface area contributed by atoms with Gasteiger partial charge in [0, 0.05) is 17.8 Å². The van der Waals surface area contributed by atoms with E-state index >= 15 is 0 Å². The van der Waals surface area contributed by atoms with Gasteiger partial charge in [0.15, 0.2) is 5.82 Å². The number of nitrogens with zero attached hydrogens (tertiary/aromatic N) is 4. The van der Waals surface area contributed by atoms with Crippen molar-refractivity contribution in [2.24, 2.45) is 0 Å². The van der Waals surface area contributed by atoms with E-state index in [-0.39, 0.29) is 11.3 Å². The fourth-order valence-corrected chi connectivity index (χ4v) is 3.50. The molecule has 2 aromatic heterocycles. The van der Waals surface area contributed by atoms with Gasteiger partial charge in [-0.15, -0.1) is 0 Å². The van der Waals surface area contributed by atoms with Crippen molar-refractivity contribution in [3.05, 3.63) is 83.1 Å². The predicted molar refractivity (Wildman–Crippen MR) is 125 cm³/mol. The molecule has 2 aromatic carbocycles. The third-order valence-corrected chi connectivity index (χ3v) is 5.28. The van der Waals surface area contributed by atoms with Gasteiger partial charge in [-0.3, -0.25) is 4.98 Å². The zero-order valence-electron chi connectivity index (χ0n) is 18.8. The molecule has 0 spiro atoms. The normalized spacial score (nSPS) is 11.1. The standard InChI is InChI=1S/C25H24FN5O2/c1-14(2)17-6-5-7-18(10-17)22-12-23(29-21-9-8-19(26)11-20(21)25(32)33)31(30-22)24-16(4)27-13-15(3)28-24/h5-14,29H,1-4H3,(H,32,33). The average molecular weight is 445 g/mol. The molecule has 4 aromatic rings. The molecule has 0 aliphatic rings. The summed E-state index contributed by atoms with van der Waals surface area (Å²) in [7, 11) is 0. The lowest BCUT2D eigenvalue weighted by atomic mass is 10.00. The average Bonchev–Trinajstić information content (AvgIpc) is 3.20. The summed E-state index contributed by atoms with van der Waals surface area (Å²) < 4.78 is 15.3. The minimum Gasteiger partial charge on any atom is -0.478 e. The van der Waals surface area contributed by atoms with Gasteiger partial charge in [0.25, 0.3) is 0 Å². The number of carboxylic acids is 1. The number of halogens is 1. The van der Waals surface area contributed by atoms with E-state index in [4.69, 9.17) is 5.10 Å². The van der Waals surface area contributed by atoms with Gasteiger partial charge in [0.2, 0.25) is 0 Å². The van der Waals surface area contributed by atoms with Crippen LogP contribution in [0, 0.1) is 19.7 Å². The van der Waals surface area contributed by atoms with Gasteiger partial charge in [0.1, 0.15) is 11.6 Å². The second kappa shape index (κ2) is 8.82. The molecular formula is C25H24FN5O2. The maximum absolute atomic E-state index is 13.7. The zero-order chi connectivity index (χ0) is 23.7. The summed E-state index contributed by atoms with van der Waals surface area (Å²) in [5.41, 5.74) is 4.21. The van der Waals surface area contributed by atoms with Crippen molar-refractivity contribution in [3.63, 3.8) is 0 Å². The summed E-state index contributed by atoms with van der Waals surface area (Å²) >= 11 is 0. The predicted octanol–water partition coefficient (Wildman–Crippen LogP) is 5.65. The number of rotatable bonds is 6. The molecule has 2 heterocycles. The van der Waals surface area contributed by atoms with Gasteiger partial charge in [-0.1, -0.05) is 32.0 Å². The second-order valence-electron chi connectivity index (χ2n) is 8.15. The summed E-state index contributed by atoms with van der Waals surface area (Å²) in [6.45, 7) is 7.91. The van der Waals surface area contributed by atoms with Crippen LogP contribution in [0.15, 0.2) is 54.7 Å². The van der Waals surface area contributed by atoms with E-state index in [0.717, 1.165) is 11.6 Å². The van der Waals surface area contributed by atoms with Crippen molar-refractivity contribution in [2.75, 3.05) is 5.32 Å². The van der Waals surface area contributed by atoms with Crippen molar-refractivity contribution in [1.29, 1.82) is 0 Å². The van der Waals surface area contributed by atoms with Crippen molar-refractivity contribution in [3.8, 4) is 17.1 Å². The monoisotopic (exact) mass is 445 g/mol. The number of anilines is 2. The molecule has 8 heteroatoms. The number of hydrogen-bond donors (Lipinski definition) is 2. The van der Waals surface area contributed by atoms with E-state index in [1.54, 1.807) is 10.9 Å². The molecule has 0 fully saturated rings. The lowest BCUT2D eigenvalue weighted by molar-refractivity contribution is 0.0697. The van der Waals surface area contributed by atoms with E-state index in [1.165, 1.54) is 17.7 Å². The molecule has 0 unspecified atom stereocenters. The van der Waals surface area contributed by atoms with Crippen LogP contribution < -0.4 is 5.32 Å². The molecule has 0 amide bonds. The Labute approximate surface area is 191 Å². The first-order valence-electron chi connectivity index (χ1n) is 10.5. The Morgan fingerprint density at radius 3 is 2.64 bits per heavy atom. The third-order valence-electron chi connectivity index (χ3n) is 5.28. The van der Waals surface area contributed by atoms with Crippen molar-refractivity contribution in [1.82, 2.24) is 19.7 Å². The molecule has 7 nitrogen and oxygen atoms in total. The lowest BCUT2D eigenvalue weighted by Gasteiger charge is -2.12. The van der Waals surface area contributed by atoms with E-state index < -0.39 is 11.8 Å². The molecular weight excluding hydrogens is 421 g/mol. The highest BCUT2D eigenvalue weighted by atomic mass is 19.1. The highest BCUT2D eigenvalue weighted by molar-refractivity contribution is 5.95. The minimum atomic E-state index is -1.24. The molecule has 33 heavy (non-hydrogen) atoms. The van der Waals surface area contributed by atoms with Crippen LogP contribution in [0.1, 0.15) is 47.1 Å². The van der Waals surface area contributed by atoms with E-state index in [2.05, 4.69) is 41.3 Å². The van der Waals surface area contributed by atoms with Crippen molar-refractivity contribution < 1.29 is 14.3 Å². The number of aromatic nitrogens is 4. The van der Waals surface area contributed by atoms with Gasteiger partial charge in [-0.25, -0.2) is 14.2 Å². The number of benzene rings is 2. The quantitative estimate of drug-likeness (QED) is 0.398. The number of carboxylic acid groups (broad SMARTS) is 1. The smallest absolute Gasteiger partial charge is 0.337 e. The van der Waals surface area contributed by atoms with Crippen LogP contribution in [-0.4, -0.2) is 30.8 Å². The van der Waals surface area contributed by atoms with Crippen LogP contribution in [0.3, 0.4) is 0 Å². The zero-order valence-corrected chi connectivity index (χ0v) is 18.8. The number of aromatic carboxylic acids is 1. The molecule has 0 bridgehead atoms. The van der Waals surface area contributed by atoms with Crippen molar-refractivity contribution in [2.45, 2.75) is 33.6 Å². The summed E-state index contributed by atoms with van der Waals surface area (Å²) in [5, 5.41) is 17.4. The fourth-order valence-electron chi connectivity index (χ4n) is 3.50. The number of aryl methyl sites for hydroxylation is 2. The molecule has 0 aliphatic carbocycles. The Kier molecular flexibility index (Phi) is 5.91. The van der Waals surface area contributed by atoms with Crippen LogP contribution in [0.4, 0.5) is 15.9 Å². The summed E-state index contributed by atoms with van der Waals surface area (Å²) in [5.74, 6) is -0.510. The van der Waals surface area contributed by atoms with Crippen LogP contribution in [-0.2, 0) is 0 Å². The minimum absolute atomic E-state index is 0.182. The van der Waals surface area contributed by atoms with E-state index in [0.29, 0.717) is 34.6 Å². The van der Waals surface area contributed by atoms with Gasteiger partial charge < -0.3 is 10.4 Å². The number of hydrogen-bond acceptors (Lipinski definition) is 5. The Balaban J connectivity index is 1.88. The first-order valence-corrected chi connectivity index (χ1v) is 10.5. The Morgan fingerprint density at radius 1 is 1.12 bits per heavy atom. The molecule has 0 atom stereocenters. The van der Waals surface area contributed by atoms with Crippen LogP contribution in [0.2, 0.25) is 0 Å². The van der Waals surface area contributed by atoms with Gasteiger partial charge >= 0.3 is 5.97 Å². The lowest BCUT2D eigenvalue weighted by Crippen LogP contribution is -2.10. The molecule has 168 valence electrons. The molecule has 0 radical (unpaired) electrons. The molecule has 0 saturated heterocycles. The van der Waals surface area contributed by atoms with Gasteiger partial charge in [0.05, 0.1) is 28.3 Å². The van der Waals surface area contributed by atoms with E-state index in [9.17, 15) is 14.3 Å². The summed E-state index contributed by atoms with van der Waals surface area (Å²) in [4.78, 5) is 20.7. The first kappa shape index (κ1) is 22.1. The molecule has 0 saturated carbocycles. The fraction of sp³-hybridized carbons (Fsp3) is 0.200. The highest BCUT2D eigenvalue weighted by Crippen LogP contribution is 2.30. The largest absolute Gasteiger partial charge is 0.478 e. The van der Waals surface area contributed by atoms with Gasteiger partial charge in [-0.05, 0) is 49.6 Å². The molecule has 2 N–H and O–H groups in total. The molecule has 4 rings (SSSR count). The Bertz CT molecular complexity index is 1350. The first-order chi connectivity index (χ1) is 15.7. The maximum Gasteiger partial charge on any atom is 0.337 e. The van der Waals surface area contributed by atoms with Crippen LogP contribution >= 0.6 is 0 Å². The summed E-state index contributed by atoms with van der Waals surface area (Å²) in [6, 6.07) is 13.5.